The lowest BCUT2D eigenvalue weighted by Gasteiger charge is -2.24. The Morgan fingerprint density at radius 2 is 1.31 bits per heavy atom. The fourth-order valence-electron chi connectivity index (χ4n) is 3.85. The molecule has 0 N–H and O–H groups in total. The second-order valence-corrected chi connectivity index (χ2v) is 8.69. The quantitative estimate of drug-likeness (QED) is 0.378. The van der Waals surface area contributed by atoms with Crippen molar-refractivity contribution in [3.05, 3.63) is 102 Å². The fraction of sp³-hybridized carbons (Fsp3) is 0.222. The monoisotopic (exact) mass is 380 g/mol. The summed E-state index contributed by atoms with van der Waals surface area (Å²) in [7, 11) is 0. The molecule has 4 aromatic rings. The maximum absolute atomic E-state index is 5.21. The number of benzene rings is 3. The highest BCUT2D eigenvalue weighted by Gasteiger charge is 2.28. The van der Waals surface area contributed by atoms with Crippen LogP contribution in [0.15, 0.2) is 84.9 Å². The smallest absolute Gasteiger partial charge is 0.141 e. The second-order valence-electron chi connectivity index (χ2n) is 8.69. The van der Waals surface area contributed by atoms with Crippen molar-refractivity contribution in [1.82, 2.24) is 9.55 Å². The van der Waals surface area contributed by atoms with Gasteiger partial charge < -0.3 is 4.57 Å². The number of aryl methyl sites for hydroxylation is 1. The first-order valence-corrected chi connectivity index (χ1v) is 10.2. The van der Waals surface area contributed by atoms with Gasteiger partial charge in [0.05, 0.1) is 11.4 Å². The standard InChI is InChI=1S/C27H28N2/c1-20-15-17-23(18-16-20)26-28-24(22-13-9-6-10-14-22)25(27(2,3)4)29(26)19-21-11-7-5-8-12-21/h5-18H,19H2,1-4H3. The molecule has 4 rings (SSSR count). The van der Waals surface area contributed by atoms with Crippen LogP contribution in [0.2, 0.25) is 0 Å². The van der Waals surface area contributed by atoms with Crippen LogP contribution in [-0.2, 0) is 12.0 Å². The third-order valence-electron chi connectivity index (χ3n) is 5.22. The van der Waals surface area contributed by atoms with Crippen molar-refractivity contribution in [3.63, 3.8) is 0 Å². The lowest BCUT2D eigenvalue weighted by molar-refractivity contribution is 0.535. The van der Waals surface area contributed by atoms with Crippen LogP contribution in [0.5, 0.6) is 0 Å². The Hall–Kier alpha value is -3.13. The molecular weight excluding hydrogens is 352 g/mol. The minimum atomic E-state index is -0.0457. The molecule has 0 amide bonds. The number of imidazole rings is 1. The maximum atomic E-state index is 5.21. The molecule has 0 saturated carbocycles. The summed E-state index contributed by atoms with van der Waals surface area (Å²) in [6.07, 6.45) is 0. The van der Waals surface area contributed by atoms with Gasteiger partial charge in [0.15, 0.2) is 0 Å². The third-order valence-corrected chi connectivity index (χ3v) is 5.22. The summed E-state index contributed by atoms with van der Waals surface area (Å²) in [6, 6.07) is 29.9. The van der Waals surface area contributed by atoms with Gasteiger partial charge in [-0.05, 0) is 12.5 Å². The zero-order valence-electron chi connectivity index (χ0n) is 17.7. The van der Waals surface area contributed by atoms with Crippen LogP contribution in [0.25, 0.3) is 22.6 Å². The SMILES string of the molecule is Cc1ccc(-c2nc(-c3ccccc3)c(C(C)(C)C)n2Cc2ccccc2)cc1. The van der Waals surface area contributed by atoms with Gasteiger partial charge in [-0.3, -0.25) is 0 Å². The van der Waals surface area contributed by atoms with Gasteiger partial charge in [0.1, 0.15) is 5.82 Å². The molecule has 0 aliphatic heterocycles. The normalized spacial score (nSPS) is 11.6. The molecule has 0 atom stereocenters. The predicted octanol–water partition coefficient (Wildman–Crippen LogP) is 6.87. The molecule has 2 heteroatoms. The predicted molar refractivity (Wildman–Crippen MR) is 122 cm³/mol. The third kappa shape index (κ3) is 4.02. The molecule has 0 radical (unpaired) electrons. The van der Waals surface area contributed by atoms with Crippen molar-refractivity contribution in [2.75, 3.05) is 0 Å². The van der Waals surface area contributed by atoms with Crippen LogP contribution in [0.1, 0.15) is 37.6 Å². The van der Waals surface area contributed by atoms with Crippen molar-refractivity contribution in [3.8, 4) is 22.6 Å². The first-order valence-electron chi connectivity index (χ1n) is 10.2. The van der Waals surface area contributed by atoms with Gasteiger partial charge >= 0.3 is 0 Å². The van der Waals surface area contributed by atoms with E-state index >= 15 is 0 Å². The van der Waals surface area contributed by atoms with E-state index in [1.807, 2.05) is 0 Å². The lowest BCUT2D eigenvalue weighted by atomic mass is 9.88. The van der Waals surface area contributed by atoms with Crippen LogP contribution in [-0.4, -0.2) is 9.55 Å². The van der Waals surface area contributed by atoms with Gasteiger partial charge in [-0.1, -0.05) is 111 Å². The Balaban J connectivity index is 1.98. The number of hydrogen-bond donors (Lipinski definition) is 0. The molecule has 1 heterocycles. The van der Waals surface area contributed by atoms with Crippen molar-refractivity contribution >= 4 is 0 Å². The number of hydrogen-bond acceptors (Lipinski definition) is 1. The van der Waals surface area contributed by atoms with E-state index in [-0.39, 0.29) is 5.41 Å². The molecule has 2 nitrogen and oxygen atoms in total. The first-order chi connectivity index (χ1) is 13.9. The zero-order chi connectivity index (χ0) is 20.4. The number of aromatic nitrogens is 2. The summed E-state index contributed by atoms with van der Waals surface area (Å²) in [5.74, 6) is 1.03. The fourth-order valence-corrected chi connectivity index (χ4v) is 3.85. The van der Waals surface area contributed by atoms with E-state index in [1.165, 1.54) is 16.8 Å². The Labute approximate surface area is 173 Å². The largest absolute Gasteiger partial charge is 0.322 e. The molecule has 0 unspecified atom stereocenters. The van der Waals surface area contributed by atoms with Gasteiger partial charge in [-0.2, -0.15) is 0 Å². The Morgan fingerprint density at radius 1 is 0.724 bits per heavy atom. The second kappa shape index (κ2) is 7.71. The summed E-state index contributed by atoms with van der Waals surface area (Å²) in [5.41, 5.74) is 7.15. The highest BCUT2D eigenvalue weighted by molar-refractivity contribution is 5.69. The molecule has 0 aliphatic rings. The van der Waals surface area contributed by atoms with Crippen molar-refractivity contribution in [2.24, 2.45) is 0 Å². The molecular formula is C27H28N2. The molecule has 0 bridgehead atoms. The molecule has 0 saturated heterocycles. The summed E-state index contributed by atoms with van der Waals surface area (Å²) >= 11 is 0. The topological polar surface area (TPSA) is 17.8 Å². The van der Waals surface area contributed by atoms with Crippen LogP contribution < -0.4 is 0 Å². The van der Waals surface area contributed by atoms with Gasteiger partial charge in [-0.15, -0.1) is 0 Å². The molecule has 0 fully saturated rings. The molecule has 0 spiro atoms. The van der Waals surface area contributed by atoms with Crippen LogP contribution in [0.3, 0.4) is 0 Å². The minimum Gasteiger partial charge on any atom is -0.322 e. The summed E-state index contributed by atoms with van der Waals surface area (Å²) in [6.45, 7) is 9.75. The average molecular weight is 381 g/mol. The average Bonchev–Trinajstić information content (AvgIpc) is 3.10. The Morgan fingerprint density at radius 3 is 1.90 bits per heavy atom. The Kier molecular flexibility index (Phi) is 5.10. The van der Waals surface area contributed by atoms with Crippen LogP contribution >= 0.6 is 0 Å². The summed E-state index contributed by atoms with van der Waals surface area (Å²) in [4.78, 5) is 5.21. The number of nitrogens with zero attached hydrogens (tertiary/aromatic N) is 2. The molecule has 29 heavy (non-hydrogen) atoms. The van der Waals surface area contributed by atoms with Gasteiger partial charge in [-0.25, -0.2) is 4.98 Å². The summed E-state index contributed by atoms with van der Waals surface area (Å²) < 4.78 is 2.41. The van der Waals surface area contributed by atoms with Gasteiger partial charge in [0.2, 0.25) is 0 Å². The van der Waals surface area contributed by atoms with Crippen molar-refractivity contribution in [2.45, 2.75) is 39.7 Å². The van der Waals surface area contributed by atoms with E-state index in [0.717, 1.165) is 29.2 Å². The molecule has 0 aliphatic carbocycles. The van der Waals surface area contributed by atoms with E-state index < -0.39 is 0 Å². The van der Waals surface area contributed by atoms with Crippen LogP contribution in [0.4, 0.5) is 0 Å². The first kappa shape index (κ1) is 19.2. The maximum Gasteiger partial charge on any atom is 0.141 e. The molecule has 1 aromatic heterocycles. The van der Waals surface area contributed by atoms with E-state index in [2.05, 4.69) is 117 Å². The Bertz CT molecular complexity index is 1080. The molecule has 146 valence electrons. The molecule has 3 aromatic carbocycles. The zero-order valence-corrected chi connectivity index (χ0v) is 17.7. The van der Waals surface area contributed by atoms with E-state index in [1.54, 1.807) is 0 Å². The number of rotatable bonds is 4. The lowest BCUT2D eigenvalue weighted by Crippen LogP contribution is -2.20. The van der Waals surface area contributed by atoms with Gasteiger partial charge in [0, 0.05) is 23.1 Å². The van der Waals surface area contributed by atoms with Crippen molar-refractivity contribution < 1.29 is 0 Å². The highest BCUT2D eigenvalue weighted by atomic mass is 15.1. The van der Waals surface area contributed by atoms with Crippen LogP contribution in [0, 0.1) is 6.92 Å². The minimum absolute atomic E-state index is 0.0457. The van der Waals surface area contributed by atoms with E-state index in [9.17, 15) is 0 Å². The van der Waals surface area contributed by atoms with Gasteiger partial charge in [0.25, 0.3) is 0 Å². The highest BCUT2D eigenvalue weighted by Crippen LogP contribution is 2.37. The summed E-state index contributed by atoms with van der Waals surface area (Å²) in [5, 5.41) is 0. The van der Waals surface area contributed by atoms with Crippen molar-refractivity contribution in [1.29, 1.82) is 0 Å². The van der Waals surface area contributed by atoms with E-state index in [4.69, 9.17) is 4.98 Å². The van der Waals surface area contributed by atoms with E-state index in [0.29, 0.717) is 0 Å².